The van der Waals surface area contributed by atoms with Crippen LogP contribution in [0.3, 0.4) is 0 Å². The van der Waals surface area contributed by atoms with Crippen molar-refractivity contribution in [2.45, 2.75) is 56.3 Å². The average molecular weight is 643 g/mol. The lowest BCUT2D eigenvalue weighted by Crippen LogP contribution is -2.57. The highest BCUT2D eigenvalue weighted by molar-refractivity contribution is 5.94. The molecule has 13 N–H and O–H groups in total. The molecule has 0 aliphatic rings. The molecule has 0 aromatic heterocycles. The molecular weight excluding hydrogens is 596 g/mol. The number of nitrogens with one attached hydrogen (secondary N) is 3. The van der Waals surface area contributed by atoms with Crippen LogP contribution in [0.1, 0.15) is 48.3 Å². The number of hydrogen-bond acceptors (Lipinski definition) is 6. The molecule has 250 valence electrons. The van der Waals surface area contributed by atoms with E-state index in [1.165, 1.54) is 0 Å². The van der Waals surface area contributed by atoms with Crippen LogP contribution in [0.2, 0.25) is 0 Å². The molecule has 3 rings (SSSR count). The molecular formula is C34H46N10O3. The molecule has 0 radical (unpaired) electrons. The molecule has 13 heteroatoms. The number of guanidine groups is 2. The number of amides is 3. The molecule has 3 atom stereocenters. The van der Waals surface area contributed by atoms with Crippen molar-refractivity contribution in [1.29, 1.82) is 0 Å². The summed E-state index contributed by atoms with van der Waals surface area (Å²) in [6.07, 6.45) is 1.41. The van der Waals surface area contributed by atoms with E-state index in [2.05, 4.69) is 25.9 Å². The monoisotopic (exact) mass is 642 g/mol. The minimum absolute atomic E-state index is 0.0472. The summed E-state index contributed by atoms with van der Waals surface area (Å²) in [5.41, 5.74) is 30.5. The van der Waals surface area contributed by atoms with E-state index < -0.39 is 35.9 Å². The van der Waals surface area contributed by atoms with Gasteiger partial charge < -0.3 is 44.6 Å². The van der Waals surface area contributed by atoms with E-state index >= 15 is 0 Å². The number of benzene rings is 3. The Bertz CT molecular complexity index is 1420. The molecule has 0 heterocycles. The summed E-state index contributed by atoms with van der Waals surface area (Å²) in [5, 5.41) is 8.71. The van der Waals surface area contributed by atoms with Crippen LogP contribution in [0.25, 0.3) is 0 Å². The molecule has 0 aliphatic carbocycles. The van der Waals surface area contributed by atoms with Crippen LogP contribution >= 0.6 is 0 Å². The molecule has 0 saturated carbocycles. The van der Waals surface area contributed by atoms with Gasteiger partial charge in [0.25, 0.3) is 0 Å². The molecule has 47 heavy (non-hydrogen) atoms. The van der Waals surface area contributed by atoms with Crippen molar-refractivity contribution in [3.63, 3.8) is 0 Å². The first kappa shape index (κ1) is 36.0. The van der Waals surface area contributed by atoms with E-state index in [0.717, 1.165) is 16.7 Å². The zero-order valence-corrected chi connectivity index (χ0v) is 26.4. The number of nitrogens with zero attached hydrogens (tertiary/aromatic N) is 2. The third-order valence-corrected chi connectivity index (χ3v) is 7.42. The highest BCUT2D eigenvalue weighted by atomic mass is 16.2. The van der Waals surface area contributed by atoms with Crippen LogP contribution in [0.5, 0.6) is 0 Å². The summed E-state index contributed by atoms with van der Waals surface area (Å²) in [6.45, 7) is 0.848. The zero-order valence-electron chi connectivity index (χ0n) is 26.4. The SMILES string of the molecule is NC(N)=NCCC[C@H](NC(=O)[C@@H](NC(=O)[C@@H](N)CCCN=C(N)N)C(c1ccccc1)c1ccccc1)C(=O)NCc1ccccc1. The van der Waals surface area contributed by atoms with Gasteiger partial charge in [0.15, 0.2) is 11.9 Å². The average Bonchev–Trinajstić information content (AvgIpc) is 3.07. The van der Waals surface area contributed by atoms with E-state index in [9.17, 15) is 14.4 Å². The largest absolute Gasteiger partial charge is 0.370 e. The van der Waals surface area contributed by atoms with Crippen LogP contribution in [0.4, 0.5) is 0 Å². The Morgan fingerprint density at radius 2 is 1.11 bits per heavy atom. The van der Waals surface area contributed by atoms with Crippen molar-refractivity contribution in [3.05, 3.63) is 108 Å². The lowest BCUT2D eigenvalue weighted by Gasteiger charge is -2.30. The standard InChI is InChI=1S/C34H46N10O3/c35-26(18-10-20-40-33(36)37)30(45)44-29(28(24-14-6-2-7-15-24)25-16-8-3-9-17-25)32(47)43-27(19-11-21-41-34(38)39)31(46)42-22-23-12-4-1-5-13-23/h1-9,12-17,26-29H,10-11,18-22,35H2,(H,42,46)(H,43,47)(H,44,45)(H4,36,37,40)(H4,38,39,41)/t26-,27-,29-/m0/s1. The Balaban J connectivity index is 1.91. The Morgan fingerprint density at radius 1 is 0.617 bits per heavy atom. The minimum atomic E-state index is -1.13. The first-order valence-electron chi connectivity index (χ1n) is 15.5. The van der Waals surface area contributed by atoms with Gasteiger partial charge in [-0.15, -0.1) is 0 Å². The second kappa shape index (κ2) is 19.2. The third kappa shape index (κ3) is 12.5. The van der Waals surface area contributed by atoms with Gasteiger partial charge in [0.2, 0.25) is 17.7 Å². The predicted octanol–water partition coefficient (Wildman–Crippen LogP) is 0.539. The second-order valence-corrected chi connectivity index (χ2v) is 11.1. The Kier molecular flexibility index (Phi) is 14.7. The van der Waals surface area contributed by atoms with E-state index in [4.69, 9.17) is 28.7 Å². The molecule has 0 aliphatic heterocycles. The first-order chi connectivity index (χ1) is 22.7. The lowest BCUT2D eigenvalue weighted by atomic mass is 9.84. The summed E-state index contributed by atoms with van der Waals surface area (Å²) in [4.78, 5) is 49.2. The number of carbonyl (C=O) groups excluding carboxylic acids is 3. The van der Waals surface area contributed by atoms with Crippen LogP contribution in [0.15, 0.2) is 101 Å². The highest BCUT2D eigenvalue weighted by Crippen LogP contribution is 2.29. The topological polar surface area (TPSA) is 242 Å². The Hall–Kier alpha value is -5.43. The second-order valence-electron chi connectivity index (χ2n) is 11.1. The molecule has 3 amide bonds. The van der Waals surface area contributed by atoms with Crippen molar-refractivity contribution in [1.82, 2.24) is 16.0 Å². The Morgan fingerprint density at radius 3 is 1.62 bits per heavy atom. The fraction of sp³-hybridized carbons (Fsp3) is 0.324. The van der Waals surface area contributed by atoms with Crippen molar-refractivity contribution in [2.24, 2.45) is 38.7 Å². The summed E-state index contributed by atoms with van der Waals surface area (Å²) < 4.78 is 0. The minimum Gasteiger partial charge on any atom is -0.370 e. The number of rotatable bonds is 18. The molecule has 0 saturated heterocycles. The first-order valence-corrected chi connectivity index (χ1v) is 15.5. The normalized spacial score (nSPS) is 12.6. The number of hydrogen-bond donors (Lipinski definition) is 8. The van der Waals surface area contributed by atoms with E-state index in [-0.39, 0.29) is 43.8 Å². The van der Waals surface area contributed by atoms with E-state index in [0.29, 0.717) is 19.4 Å². The van der Waals surface area contributed by atoms with Crippen molar-refractivity contribution >= 4 is 29.6 Å². The zero-order chi connectivity index (χ0) is 34.0. The fourth-order valence-electron chi connectivity index (χ4n) is 5.05. The number of carbonyl (C=O) groups is 3. The number of nitrogens with two attached hydrogens (primary N) is 5. The maximum Gasteiger partial charge on any atom is 0.244 e. The van der Waals surface area contributed by atoms with Gasteiger partial charge in [-0.05, 0) is 42.4 Å². The molecule has 0 bridgehead atoms. The number of aliphatic imine (C=N–C) groups is 2. The van der Waals surface area contributed by atoms with Gasteiger partial charge in [-0.25, -0.2) is 0 Å². The highest BCUT2D eigenvalue weighted by Gasteiger charge is 2.35. The van der Waals surface area contributed by atoms with Gasteiger partial charge in [-0.3, -0.25) is 24.4 Å². The summed E-state index contributed by atoms with van der Waals surface area (Å²) in [6, 6.07) is 25.2. The van der Waals surface area contributed by atoms with E-state index in [1.807, 2.05) is 91.0 Å². The van der Waals surface area contributed by atoms with Crippen molar-refractivity contribution in [3.8, 4) is 0 Å². The van der Waals surface area contributed by atoms with Gasteiger partial charge >= 0.3 is 0 Å². The van der Waals surface area contributed by atoms with Gasteiger partial charge in [0.1, 0.15) is 12.1 Å². The molecule has 3 aromatic carbocycles. The maximum absolute atomic E-state index is 14.3. The van der Waals surface area contributed by atoms with Crippen molar-refractivity contribution in [2.75, 3.05) is 13.1 Å². The molecule has 0 spiro atoms. The maximum atomic E-state index is 14.3. The molecule has 3 aromatic rings. The van der Waals surface area contributed by atoms with Crippen LogP contribution in [-0.4, -0.2) is 60.9 Å². The van der Waals surface area contributed by atoms with Crippen LogP contribution < -0.4 is 44.6 Å². The predicted molar refractivity (Wildman–Crippen MR) is 185 cm³/mol. The summed E-state index contributed by atoms with van der Waals surface area (Å²) >= 11 is 0. The quantitative estimate of drug-likeness (QED) is 0.0552. The van der Waals surface area contributed by atoms with E-state index in [1.54, 1.807) is 0 Å². The molecule has 13 nitrogen and oxygen atoms in total. The Labute approximate surface area is 275 Å². The van der Waals surface area contributed by atoms with Gasteiger partial charge in [-0.2, -0.15) is 0 Å². The third-order valence-electron chi connectivity index (χ3n) is 7.42. The summed E-state index contributed by atoms with van der Waals surface area (Å²) in [5.74, 6) is -2.18. The van der Waals surface area contributed by atoms with Gasteiger partial charge in [-0.1, -0.05) is 91.0 Å². The van der Waals surface area contributed by atoms with Gasteiger partial charge in [0, 0.05) is 25.6 Å². The molecule has 0 unspecified atom stereocenters. The molecule has 0 fully saturated rings. The van der Waals surface area contributed by atoms with Crippen LogP contribution in [0, 0.1) is 0 Å². The fourth-order valence-corrected chi connectivity index (χ4v) is 5.05. The smallest absolute Gasteiger partial charge is 0.244 e. The van der Waals surface area contributed by atoms with Crippen molar-refractivity contribution < 1.29 is 14.4 Å². The summed E-state index contributed by atoms with van der Waals surface area (Å²) in [7, 11) is 0. The lowest BCUT2D eigenvalue weighted by molar-refractivity contribution is -0.132. The van der Waals surface area contributed by atoms with Gasteiger partial charge in [0.05, 0.1) is 6.04 Å². The van der Waals surface area contributed by atoms with Crippen LogP contribution in [-0.2, 0) is 20.9 Å².